The van der Waals surface area contributed by atoms with Crippen molar-refractivity contribution in [1.82, 2.24) is 9.62 Å². The standard InChI is InChI=1S/C17H26N2O4S/c1-3-23-16-9-7-14(8-10-16)12-18-17(20)15-6-5-11-19(13-15)24(21,22)4-2/h7-10,15H,3-6,11-13H2,1-2H3,(H,18,20)/t15-/m0/s1. The van der Waals surface area contributed by atoms with Crippen molar-refractivity contribution in [2.45, 2.75) is 33.2 Å². The number of sulfonamides is 1. The summed E-state index contributed by atoms with van der Waals surface area (Å²) in [5, 5.41) is 2.91. The van der Waals surface area contributed by atoms with Gasteiger partial charge in [0.2, 0.25) is 15.9 Å². The number of ether oxygens (including phenoxy) is 1. The van der Waals surface area contributed by atoms with E-state index in [1.807, 2.05) is 31.2 Å². The number of carbonyl (C=O) groups excluding carboxylic acids is 1. The molecule has 7 heteroatoms. The summed E-state index contributed by atoms with van der Waals surface area (Å²) in [7, 11) is -3.23. The summed E-state index contributed by atoms with van der Waals surface area (Å²) in [6.45, 7) is 5.41. The summed E-state index contributed by atoms with van der Waals surface area (Å²) < 4.78 is 30.8. The molecule has 24 heavy (non-hydrogen) atoms. The summed E-state index contributed by atoms with van der Waals surface area (Å²) >= 11 is 0. The lowest BCUT2D eigenvalue weighted by molar-refractivity contribution is -0.126. The van der Waals surface area contributed by atoms with Crippen LogP contribution in [-0.4, -0.2) is 44.1 Å². The molecule has 134 valence electrons. The molecule has 1 aromatic carbocycles. The van der Waals surface area contributed by atoms with Crippen molar-refractivity contribution < 1.29 is 17.9 Å². The molecular weight excluding hydrogens is 328 g/mol. The molecule has 0 bridgehead atoms. The highest BCUT2D eigenvalue weighted by molar-refractivity contribution is 7.89. The van der Waals surface area contributed by atoms with E-state index in [1.54, 1.807) is 6.92 Å². The first-order valence-corrected chi connectivity index (χ1v) is 10.0. The number of piperidine rings is 1. The smallest absolute Gasteiger partial charge is 0.224 e. The number of rotatable bonds is 7. The third-order valence-corrected chi connectivity index (χ3v) is 6.06. The molecule has 0 spiro atoms. The Hall–Kier alpha value is -1.60. The van der Waals surface area contributed by atoms with Crippen molar-refractivity contribution >= 4 is 15.9 Å². The molecule has 1 saturated heterocycles. The predicted molar refractivity (Wildman–Crippen MR) is 93.2 cm³/mol. The zero-order chi connectivity index (χ0) is 17.6. The minimum Gasteiger partial charge on any atom is -0.494 e. The van der Waals surface area contributed by atoms with E-state index in [2.05, 4.69) is 5.32 Å². The van der Waals surface area contributed by atoms with Gasteiger partial charge in [-0.1, -0.05) is 12.1 Å². The molecule has 6 nitrogen and oxygen atoms in total. The minimum atomic E-state index is -3.23. The van der Waals surface area contributed by atoms with Crippen LogP contribution in [0.3, 0.4) is 0 Å². The van der Waals surface area contributed by atoms with E-state index in [1.165, 1.54) is 4.31 Å². The van der Waals surface area contributed by atoms with Crippen LogP contribution >= 0.6 is 0 Å². The number of amides is 1. The van der Waals surface area contributed by atoms with E-state index in [9.17, 15) is 13.2 Å². The van der Waals surface area contributed by atoms with E-state index in [0.717, 1.165) is 24.2 Å². The van der Waals surface area contributed by atoms with Crippen molar-refractivity contribution in [1.29, 1.82) is 0 Å². The Morgan fingerprint density at radius 1 is 1.29 bits per heavy atom. The Bertz CT molecular complexity index is 643. The monoisotopic (exact) mass is 354 g/mol. The molecule has 1 N–H and O–H groups in total. The normalized spacial score (nSPS) is 19.0. The van der Waals surface area contributed by atoms with Gasteiger partial charge in [0.25, 0.3) is 0 Å². The second kappa shape index (κ2) is 8.48. The van der Waals surface area contributed by atoms with Gasteiger partial charge in [-0.15, -0.1) is 0 Å². The van der Waals surface area contributed by atoms with Gasteiger partial charge in [-0.05, 0) is 44.4 Å². The first kappa shape index (κ1) is 18.7. The van der Waals surface area contributed by atoms with Gasteiger partial charge in [-0.3, -0.25) is 4.79 Å². The fourth-order valence-electron chi connectivity index (χ4n) is 2.80. The van der Waals surface area contributed by atoms with E-state index in [-0.39, 0.29) is 24.1 Å². The quantitative estimate of drug-likeness (QED) is 0.810. The first-order valence-electron chi connectivity index (χ1n) is 8.43. The highest BCUT2D eigenvalue weighted by Crippen LogP contribution is 2.20. The Labute approximate surface area is 144 Å². The summed E-state index contributed by atoms with van der Waals surface area (Å²) in [4.78, 5) is 12.3. The molecule has 1 fully saturated rings. The number of benzene rings is 1. The third-order valence-electron chi connectivity index (χ3n) is 4.21. The van der Waals surface area contributed by atoms with Crippen LogP contribution in [0, 0.1) is 5.92 Å². The lowest BCUT2D eigenvalue weighted by Gasteiger charge is -2.30. The molecule has 2 rings (SSSR count). The van der Waals surface area contributed by atoms with Crippen molar-refractivity contribution in [3.8, 4) is 5.75 Å². The van der Waals surface area contributed by atoms with Crippen LogP contribution in [0.1, 0.15) is 32.3 Å². The maximum atomic E-state index is 12.3. The van der Waals surface area contributed by atoms with E-state index in [4.69, 9.17) is 4.74 Å². The minimum absolute atomic E-state index is 0.0769. The average molecular weight is 354 g/mol. The molecule has 1 amide bonds. The number of nitrogens with one attached hydrogen (secondary N) is 1. The fraction of sp³-hybridized carbons (Fsp3) is 0.588. The van der Waals surface area contributed by atoms with Gasteiger partial charge in [-0.25, -0.2) is 12.7 Å². The van der Waals surface area contributed by atoms with Gasteiger partial charge in [0.1, 0.15) is 5.75 Å². The second-order valence-corrected chi connectivity index (χ2v) is 8.15. The molecule has 0 aliphatic carbocycles. The SMILES string of the molecule is CCOc1ccc(CNC(=O)[C@H]2CCCN(S(=O)(=O)CC)C2)cc1. The van der Waals surface area contributed by atoms with Crippen LogP contribution in [0.5, 0.6) is 5.75 Å². The molecule has 1 aliphatic heterocycles. The number of carbonyl (C=O) groups is 1. The Kier molecular flexibility index (Phi) is 6.62. The molecule has 1 aliphatic rings. The van der Waals surface area contributed by atoms with Crippen molar-refractivity contribution in [2.75, 3.05) is 25.4 Å². The topological polar surface area (TPSA) is 75.7 Å². The predicted octanol–water partition coefficient (Wildman–Crippen LogP) is 1.76. The lowest BCUT2D eigenvalue weighted by Crippen LogP contribution is -2.45. The van der Waals surface area contributed by atoms with Gasteiger partial charge >= 0.3 is 0 Å². The lowest BCUT2D eigenvalue weighted by atomic mass is 9.99. The number of hydrogen-bond donors (Lipinski definition) is 1. The second-order valence-electron chi connectivity index (χ2n) is 5.89. The number of hydrogen-bond acceptors (Lipinski definition) is 4. The Balaban J connectivity index is 1.87. The van der Waals surface area contributed by atoms with Gasteiger partial charge in [0.05, 0.1) is 18.3 Å². The maximum Gasteiger partial charge on any atom is 0.224 e. The van der Waals surface area contributed by atoms with Crippen LogP contribution in [0.25, 0.3) is 0 Å². The van der Waals surface area contributed by atoms with Crippen molar-refractivity contribution in [3.05, 3.63) is 29.8 Å². The summed E-state index contributed by atoms with van der Waals surface area (Å²) in [5.74, 6) is 0.524. The fourth-order valence-corrected chi connectivity index (χ4v) is 3.97. The van der Waals surface area contributed by atoms with Gasteiger partial charge in [0, 0.05) is 19.6 Å². The number of nitrogens with zero attached hydrogens (tertiary/aromatic N) is 1. The zero-order valence-electron chi connectivity index (χ0n) is 14.3. The van der Waals surface area contributed by atoms with Gasteiger partial charge in [-0.2, -0.15) is 0 Å². The highest BCUT2D eigenvalue weighted by Gasteiger charge is 2.31. The highest BCUT2D eigenvalue weighted by atomic mass is 32.2. The van der Waals surface area contributed by atoms with Gasteiger partial charge in [0.15, 0.2) is 0 Å². The molecule has 0 unspecified atom stereocenters. The van der Waals surface area contributed by atoms with Crippen LogP contribution in [0.4, 0.5) is 0 Å². The average Bonchev–Trinajstić information content (AvgIpc) is 2.61. The van der Waals surface area contributed by atoms with Crippen LogP contribution < -0.4 is 10.1 Å². The Morgan fingerprint density at radius 2 is 2.00 bits per heavy atom. The van der Waals surface area contributed by atoms with E-state index in [0.29, 0.717) is 19.7 Å². The van der Waals surface area contributed by atoms with Crippen LogP contribution in [-0.2, 0) is 21.4 Å². The molecule has 1 aromatic rings. The summed E-state index contributed by atoms with van der Waals surface area (Å²) in [5.41, 5.74) is 0.987. The maximum absolute atomic E-state index is 12.3. The molecule has 0 aromatic heterocycles. The summed E-state index contributed by atoms with van der Waals surface area (Å²) in [6.07, 6.45) is 1.45. The van der Waals surface area contributed by atoms with Crippen LogP contribution in [0.2, 0.25) is 0 Å². The van der Waals surface area contributed by atoms with Crippen LogP contribution in [0.15, 0.2) is 24.3 Å². The van der Waals surface area contributed by atoms with Crippen molar-refractivity contribution in [2.24, 2.45) is 5.92 Å². The molecule has 0 radical (unpaired) electrons. The van der Waals surface area contributed by atoms with E-state index >= 15 is 0 Å². The van der Waals surface area contributed by atoms with Crippen molar-refractivity contribution in [3.63, 3.8) is 0 Å². The zero-order valence-corrected chi connectivity index (χ0v) is 15.1. The molecule has 1 heterocycles. The van der Waals surface area contributed by atoms with Gasteiger partial charge < -0.3 is 10.1 Å². The molecule has 1 atom stereocenters. The first-order chi connectivity index (χ1) is 11.5. The third kappa shape index (κ3) is 4.95. The molecule has 0 saturated carbocycles. The van der Waals surface area contributed by atoms with E-state index < -0.39 is 10.0 Å². The molecular formula is C17H26N2O4S. The summed E-state index contributed by atoms with van der Waals surface area (Å²) in [6, 6.07) is 7.59. The Morgan fingerprint density at radius 3 is 2.62 bits per heavy atom. The largest absolute Gasteiger partial charge is 0.494 e.